The molecule has 5 nitrogen and oxygen atoms in total. The van der Waals surface area contributed by atoms with Crippen LogP contribution in [0.3, 0.4) is 0 Å². The van der Waals surface area contributed by atoms with E-state index in [2.05, 4.69) is 20.3 Å². The minimum atomic E-state index is 0.847. The van der Waals surface area contributed by atoms with Crippen molar-refractivity contribution in [1.29, 1.82) is 0 Å². The molecule has 5 heteroatoms. The lowest BCUT2D eigenvalue weighted by Gasteiger charge is -2.11. The predicted molar refractivity (Wildman–Crippen MR) is 62.8 cm³/mol. The van der Waals surface area contributed by atoms with E-state index in [0.29, 0.717) is 0 Å². The van der Waals surface area contributed by atoms with Crippen LogP contribution >= 0.6 is 0 Å². The largest absolute Gasteiger partial charge is 0.370 e. The first-order valence-corrected chi connectivity index (χ1v) is 5.29. The van der Waals surface area contributed by atoms with Crippen LogP contribution in [0.2, 0.25) is 0 Å². The molecule has 0 fully saturated rings. The van der Waals surface area contributed by atoms with E-state index >= 15 is 0 Å². The van der Waals surface area contributed by atoms with E-state index in [1.165, 1.54) is 0 Å². The molecule has 2 aromatic rings. The van der Waals surface area contributed by atoms with Crippen molar-refractivity contribution >= 4 is 5.82 Å². The molecule has 0 aliphatic rings. The number of anilines is 1. The van der Waals surface area contributed by atoms with Gasteiger partial charge < -0.3 is 5.32 Å². The highest BCUT2D eigenvalue weighted by molar-refractivity contribution is 5.51. The van der Waals surface area contributed by atoms with Crippen molar-refractivity contribution in [3.05, 3.63) is 30.1 Å². The summed E-state index contributed by atoms with van der Waals surface area (Å²) in [5, 5.41) is 3.21. The van der Waals surface area contributed by atoms with Gasteiger partial charge in [0.15, 0.2) is 0 Å². The molecule has 0 aliphatic heterocycles. The van der Waals surface area contributed by atoms with E-state index in [-0.39, 0.29) is 0 Å². The third-order valence-corrected chi connectivity index (χ3v) is 2.46. The molecule has 0 amide bonds. The molecular weight excluding hydrogens is 202 g/mol. The summed E-state index contributed by atoms with van der Waals surface area (Å²) >= 11 is 0. The van der Waals surface area contributed by atoms with E-state index in [1.54, 1.807) is 12.5 Å². The van der Waals surface area contributed by atoms with Gasteiger partial charge in [0.25, 0.3) is 0 Å². The monoisotopic (exact) mass is 217 g/mol. The number of imidazole rings is 1. The molecule has 1 N–H and O–H groups in total. The summed E-state index contributed by atoms with van der Waals surface area (Å²) in [7, 11) is 0. The van der Waals surface area contributed by atoms with Crippen LogP contribution in [0.4, 0.5) is 5.82 Å². The molecule has 0 aliphatic carbocycles. The quantitative estimate of drug-likeness (QED) is 0.850. The maximum atomic E-state index is 4.30. The molecule has 0 saturated heterocycles. The van der Waals surface area contributed by atoms with Crippen LogP contribution in [-0.2, 0) is 0 Å². The summed E-state index contributed by atoms with van der Waals surface area (Å²) in [5.74, 6) is 2.67. The standard InChI is InChI=1S/C11H15N5/c1-4-12-10-8(2)11(15-7-14-10)16-6-5-13-9(16)3/h5-7H,4H2,1-3H3,(H,12,14,15). The number of rotatable bonds is 3. The van der Waals surface area contributed by atoms with E-state index < -0.39 is 0 Å². The molecule has 0 atom stereocenters. The van der Waals surface area contributed by atoms with Gasteiger partial charge in [-0.1, -0.05) is 0 Å². The zero-order chi connectivity index (χ0) is 11.5. The van der Waals surface area contributed by atoms with Crippen molar-refractivity contribution in [2.75, 3.05) is 11.9 Å². The summed E-state index contributed by atoms with van der Waals surface area (Å²) in [6, 6.07) is 0. The zero-order valence-corrected chi connectivity index (χ0v) is 9.73. The van der Waals surface area contributed by atoms with Crippen LogP contribution in [0, 0.1) is 13.8 Å². The van der Waals surface area contributed by atoms with Crippen molar-refractivity contribution in [3.8, 4) is 5.82 Å². The van der Waals surface area contributed by atoms with E-state index in [0.717, 1.165) is 29.6 Å². The van der Waals surface area contributed by atoms with Gasteiger partial charge in [-0.25, -0.2) is 15.0 Å². The van der Waals surface area contributed by atoms with Gasteiger partial charge in [0.2, 0.25) is 0 Å². The normalized spacial score (nSPS) is 10.4. The van der Waals surface area contributed by atoms with Crippen LogP contribution in [0.25, 0.3) is 5.82 Å². The van der Waals surface area contributed by atoms with Crippen molar-refractivity contribution in [2.24, 2.45) is 0 Å². The summed E-state index contributed by atoms with van der Waals surface area (Å²) in [5.41, 5.74) is 1.03. The third-order valence-electron chi connectivity index (χ3n) is 2.46. The third kappa shape index (κ3) is 1.76. The van der Waals surface area contributed by atoms with Crippen molar-refractivity contribution in [3.63, 3.8) is 0 Å². The Bertz CT molecular complexity index is 489. The van der Waals surface area contributed by atoms with Crippen molar-refractivity contribution in [1.82, 2.24) is 19.5 Å². The number of aryl methyl sites for hydroxylation is 1. The molecule has 2 rings (SSSR count). The van der Waals surface area contributed by atoms with Crippen LogP contribution < -0.4 is 5.32 Å². The first-order valence-electron chi connectivity index (χ1n) is 5.29. The molecular formula is C11H15N5. The molecule has 16 heavy (non-hydrogen) atoms. The number of hydrogen-bond acceptors (Lipinski definition) is 4. The maximum absolute atomic E-state index is 4.30. The molecule has 0 radical (unpaired) electrons. The van der Waals surface area contributed by atoms with Crippen LogP contribution in [0.1, 0.15) is 18.3 Å². The topological polar surface area (TPSA) is 55.6 Å². The van der Waals surface area contributed by atoms with Gasteiger partial charge >= 0.3 is 0 Å². The van der Waals surface area contributed by atoms with Crippen molar-refractivity contribution < 1.29 is 0 Å². The fourth-order valence-electron chi connectivity index (χ4n) is 1.63. The van der Waals surface area contributed by atoms with Gasteiger partial charge in [0, 0.05) is 24.5 Å². The minimum absolute atomic E-state index is 0.847. The molecule has 0 aromatic carbocycles. The number of hydrogen-bond donors (Lipinski definition) is 1. The Morgan fingerprint density at radius 1 is 1.25 bits per heavy atom. The van der Waals surface area contributed by atoms with Gasteiger partial charge in [0.05, 0.1) is 0 Å². The lowest BCUT2D eigenvalue weighted by atomic mass is 10.3. The second kappa shape index (κ2) is 4.30. The molecule has 0 bridgehead atoms. The number of aromatic nitrogens is 4. The Morgan fingerprint density at radius 2 is 2.06 bits per heavy atom. The molecule has 0 saturated carbocycles. The fourth-order valence-corrected chi connectivity index (χ4v) is 1.63. The molecule has 0 unspecified atom stereocenters. The summed E-state index contributed by atoms with van der Waals surface area (Å²) in [6.45, 7) is 6.85. The highest BCUT2D eigenvalue weighted by Crippen LogP contribution is 2.18. The Balaban J connectivity index is 2.50. The Labute approximate surface area is 94.6 Å². The summed E-state index contributed by atoms with van der Waals surface area (Å²) < 4.78 is 1.96. The van der Waals surface area contributed by atoms with Crippen LogP contribution in [-0.4, -0.2) is 26.1 Å². The maximum Gasteiger partial charge on any atom is 0.146 e. The van der Waals surface area contributed by atoms with E-state index in [4.69, 9.17) is 0 Å². The van der Waals surface area contributed by atoms with E-state index in [9.17, 15) is 0 Å². The molecule has 0 spiro atoms. The lowest BCUT2D eigenvalue weighted by Crippen LogP contribution is -2.08. The Kier molecular flexibility index (Phi) is 2.85. The van der Waals surface area contributed by atoms with Crippen LogP contribution in [0.15, 0.2) is 18.7 Å². The Hall–Kier alpha value is -1.91. The molecule has 2 aromatic heterocycles. The zero-order valence-electron chi connectivity index (χ0n) is 9.73. The van der Waals surface area contributed by atoms with Gasteiger partial charge in [-0.05, 0) is 20.8 Å². The minimum Gasteiger partial charge on any atom is -0.370 e. The van der Waals surface area contributed by atoms with E-state index in [1.807, 2.05) is 31.5 Å². The fraction of sp³-hybridized carbons (Fsp3) is 0.364. The molecule has 84 valence electrons. The number of nitrogens with zero attached hydrogens (tertiary/aromatic N) is 4. The lowest BCUT2D eigenvalue weighted by molar-refractivity contribution is 0.904. The highest BCUT2D eigenvalue weighted by Gasteiger charge is 2.09. The first-order chi connectivity index (χ1) is 7.74. The van der Waals surface area contributed by atoms with Crippen molar-refractivity contribution in [2.45, 2.75) is 20.8 Å². The van der Waals surface area contributed by atoms with Gasteiger partial charge in [-0.3, -0.25) is 4.57 Å². The first kappa shape index (κ1) is 10.6. The van der Waals surface area contributed by atoms with Gasteiger partial charge in [-0.2, -0.15) is 0 Å². The van der Waals surface area contributed by atoms with Gasteiger partial charge in [0.1, 0.15) is 23.8 Å². The van der Waals surface area contributed by atoms with Gasteiger partial charge in [-0.15, -0.1) is 0 Å². The smallest absolute Gasteiger partial charge is 0.146 e. The predicted octanol–water partition coefficient (Wildman–Crippen LogP) is 1.71. The van der Waals surface area contributed by atoms with Crippen LogP contribution in [0.5, 0.6) is 0 Å². The second-order valence-electron chi connectivity index (χ2n) is 3.55. The summed E-state index contributed by atoms with van der Waals surface area (Å²) in [6.07, 6.45) is 5.24. The SMILES string of the molecule is CCNc1ncnc(-n2ccnc2C)c1C. The average Bonchev–Trinajstić information content (AvgIpc) is 2.68. The molecule has 2 heterocycles. The second-order valence-corrected chi connectivity index (χ2v) is 3.55. The number of nitrogens with one attached hydrogen (secondary N) is 1. The summed E-state index contributed by atoms with van der Waals surface area (Å²) in [4.78, 5) is 12.7. The Morgan fingerprint density at radius 3 is 2.69 bits per heavy atom. The highest BCUT2D eigenvalue weighted by atomic mass is 15.1. The average molecular weight is 217 g/mol.